The van der Waals surface area contributed by atoms with Gasteiger partial charge in [0.15, 0.2) is 6.29 Å². The molecule has 0 aromatic carbocycles. The van der Waals surface area contributed by atoms with Gasteiger partial charge in [-0.05, 0) is 0 Å². The Bertz CT molecular complexity index is 260. The van der Waals surface area contributed by atoms with Crippen molar-refractivity contribution in [3.05, 3.63) is 18.1 Å². The minimum absolute atomic E-state index is 0.512. The first-order valence-electron chi connectivity index (χ1n) is 3.18. The van der Waals surface area contributed by atoms with Gasteiger partial charge in [-0.2, -0.15) is 0 Å². The van der Waals surface area contributed by atoms with Gasteiger partial charge >= 0.3 is 0 Å². The third kappa shape index (κ3) is 1.52. The van der Waals surface area contributed by atoms with Crippen LogP contribution in [0.25, 0.3) is 0 Å². The molecule has 4 heteroatoms. The van der Waals surface area contributed by atoms with Crippen molar-refractivity contribution in [3.63, 3.8) is 0 Å². The standard InChI is InChI=1S/C7H9N3O/c1-10(2)7-6(4-11)3-8-5-9-7/h3-5H,1-2H3. The van der Waals surface area contributed by atoms with Crippen LogP contribution in [-0.4, -0.2) is 30.3 Å². The van der Waals surface area contributed by atoms with Crippen LogP contribution >= 0.6 is 0 Å². The fourth-order valence-corrected chi connectivity index (χ4v) is 0.791. The van der Waals surface area contributed by atoms with Gasteiger partial charge in [0.1, 0.15) is 12.1 Å². The minimum atomic E-state index is 0.512. The van der Waals surface area contributed by atoms with E-state index in [-0.39, 0.29) is 0 Å². The molecule has 0 aliphatic heterocycles. The van der Waals surface area contributed by atoms with Crippen LogP contribution in [0, 0.1) is 0 Å². The van der Waals surface area contributed by atoms with Gasteiger partial charge in [0.2, 0.25) is 0 Å². The summed E-state index contributed by atoms with van der Waals surface area (Å²) in [6.07, 6.45) is 3.66. The molecule has 0 N–H and O–H groups in total. The van der Waals surface area contributed by atoms with Gasteiger partial charge in [0.05, 0.1) is 5.56 Å². The average molecular weight is 151 g/mol. The molecule has 0 aliphatic carbocycles. The summed E-state index contributed by atoms with van der Waals surface area (Å²) >= 11 is 0. The lowest BCUT2D eigenvalue weighted by Crippen LogP contribution is -2.13. The molecule has 0 amide bonds. The number of aldehydes is 1. The Morgan fingerprint density at radius 2 is 2.27 bits per heavy atom. The van der Waals surface area contributed by atoms with Crippen LogP contribution in [0.5, 0.6) is 0 Å². The maximum atomic E-state index is 10.4. The third-order valence-electron chi connectivity index (χ3n) is 1.27. The van der Waals surface area contributed by atoms with E-state index in [9.17, 15) is 4.79 Å². The van der Waals surface area contributed by atoms with Crippen molar-refractivity contribution in [2.45, 2.75) is 0 Å². The maximum absolute atomic E-state index is 10.4. The molecule has 0 radical (unpaired) electrons. The molecular weight excluding hydrogens is 142 g/mol. The molecule has 4 nitrogen and oxygen atoms in total. The second-order valence-electron chi connectivity index (χ2n) is 2.31. The summed E-state index contributed by atoms with van der Waals surface area (Å²) in [7, 11) is 3.66. The predicted octanol–water partition coefficient (Wildman–Crippen LogP) is 0.355. The quantitative estimate of drug-likeness (QED) is 0.572. The van der Waals surface area contributed by atoms with Gasteiger partial charge in [0, 0.05) is 20.3 Å². The molecule has 11 heavy (non-hydrogen) atoms. The summed E-state index contributed by atoms with van der Waals surface area (Å²) in [5, 5.41) is 0. The lowest BCUT2D eigenvalue weighted by Gasteiger charge is -2.11. The number of carbonyl (C=O) groups excluding carboxylic acids is 1. The molecule has 0 aliphatic rings. The van der Waals surface area contributed by atoms with Crippen LogP contribution < -0.4 is 4.90 Å². The molecule has 1 rings (SSSR count). The van der Waals surface area contributed by atoms with E-state index in [0.717, 1.165) is 6.29 Å². The van der Waals surface area contributed by atoms with E-state index >= 15 is 0 Å². The Morgan fingerprint density at radius 1 is 1.55 bits per heavy atom. The van der Waals surface area contributed by atoms with Crippen LogP contribution in [0.2, 0.25) is 0 Å². The molecule has 1 aromatic rings. The number of hydrogen-bond acceptors (Lipinski definition) is 4. The average Bonchev–Trinajstić information content (AvgIpc) is 2.04. The SMILES string of the molecule is CN(C)c1ncncc1C=O. The smallest absolute Gasteiger partial charge is 0.155 e. The summed E-state index contributed by atoms with van der Waals surface area (Å²) in [6.45, 7) is 0. The van der Waals surface area contributed by atoms with Gasteiger partial charge < -0.3 is 4.90 Å². The molecule has 0 fully saturated rings. The topological polar surface area (TPSA) is 46.1 Å². The number of nitrogens with zero attached hydrogens (tertiary/aromatic N) is 3. The van der Waals surface area contributed by atoms with Gasteiger partial charge in [-0.25, -0.2) is 9.97 Å². The van der Waals surface area contributed by atoms with Gasteiger partial charge in [-0.3, -0.25) is 4.79 Å². The van der Waals surface area contributed by atoms with Crippen LogP contribution in [-0.2, 0) is 0 Å². The number of aromatic nitrogens is 2. The summed E-state index contributed by atoms with van der Waals surface area (Å²) in [5.74, 6) is 0.648. The highest BCUT2D eigenvalue weighted by molar-refractivity contribution is 5.81. The Labute approximate surface area is 64.9 Å². The molecular formula is C7H9N3O. The highest BCUT2D eigenvalue weighted by Gasteiger charge is 2.02. The second-order valence-corrected chi connectivity index (χ2v) is 2.31. The zero-order valence-corrected chi connectivity index (χ0v) is 6.48. The lowest BCUT2D eigenvalue weighted by molar-refractivity contribution is 0.112. The first kappa shape index (κ1) is 7.65. The van der Waals surface area contributed by atoms with Crippen LogP contribution in [0.3, 0.4) is 0 Å². The van der Waals surface area contributed by atoms with Crippen molar-refractivity contribution in [1.29, 1.82) is 0 Å². The Morgan fingerprint density at radius 3 is 2.73 bits per heavy atom. The minimum Gasteiger partial charge on any atom is -0.362 e. The number of hydrogen-bond donors (Lipinski definition) is 0. The first-order chi connectivity index (χ1) is 5.25. The summed E-state index contributed by atoms with van der Waals surface area (Å²) in [6, 6.07) is 0. The van der Waals surface area contributed by atoms with Crippen LogP contribution in [0.1, 0.15) is 10.4 Å². The van der Waals surface area contributed by atoms with E-state index in [1.807, 2.05) is 14.1 Å². The van der Waals surface area contributed by atoms with Crippen LogP contribution in [0.4, 0.5) is 5.82 Å². The molecule has 58 valence electrons. The van der Waals surface area contributed by atoms with E-state index in [4.69, 9.17) is 0 Å². The van der Waals surface area contributed by atoms with Gasteiger partial charge in [-0.1, -0.05) is 0 Å². The monoisotopic (exact) mass is 151 g/mol. The van der Waals surface area contributed by atoms with E-state index in [1.165, 1.54) is 12.5 Å². The summed E-state index contributed by atoms with van der Waals surface area (Å²) in [5.41, 5.74) is 0.512. The molecule has 0 atom stereocenters. The third-order valence-corrected chi connectivity index (χ3v) is 1.27. The number of carbonyl (C=O) groups is 1. The normalized spacial score (nSPS) is 9.27. The summed E-state index contributed by atoms with van der Waals surface area (Å²) < 4.78 is 0. The van der Waals surface area contributed by atoms with E-state index < -0.39 is 0 Å². The van der Waals surface area contributed by atoms with Crippen molar-refractivity contribution in [3.8, 4) is 0 Å². The second kappa shape index (κ2) is 3.09. The highest BCUT2D eigenvalue weighted by Crippen LogP contribution is 2.09. The molecule has 0 saturated carbocycles. The van der Waals surface area contributed by atoms with Crippen molar-refractivity contribution in [2.24, 2.45) is 0 Å². The molecule has 1 aromatic heterocycles. The molecule has 1 heterocycles. The van der Waals surface area contributed by atoms with E-state index in [2.05, 4.69) is 9.97 Å². The zero-order valence-electron chi connectivity index (χ0n) is 6.48. The van der Waals surface area contributed by atoms with Crippen molar-refractivity contribution >= 4 is 12.1 Å². The van der Waals surface area contributed by atoms with Gasteiger partial charge in [-0.15, -0.1) is 0 Å². The molecule has 0 bridgehead atoms. The Kier molecular flexibility index (Phi) is 2.15. The molecule has 0 unspecified atom stereocenters. The summed E-state index contributed by atoms with van der Waals surface area (Å²) in [4.78, 5) is 19.9. The van der Waals surface area contributed by atoms with Crippen molar-refractivity contribution in [1.82, 2.24) is 9.97 Å². The van der Waals surface area contributed by atoms with E-state index in [0.29, 0.717) is 11.4 Å². The number of anilines is 1. The number of rotatable bonds is 2. The highest BCUT2D eigenvalue weighted by atomic mass is 16.1. The van der Waals surface area contributed by atoms with Crippen molar-refractivity contribution in [2.75, 3.05) is 19.0 Å². The fraction of sp³-hybridized carbons (Fsp3) is 0.286. The molecule has 0 spiro atoms. The zero-order chi connectivity index (χ0) is 8.27. The lowest BCUT2D eigenvalue weighted by atomic mass is 10.3. The Balaban J connectivity index is 3.12. The maximum Gasteiger partial charge on any atom is 0.155 e. The van der Waals surface area contributed by atoms with E-state index in [1.54, 1.807) is 4.90 Å². The fourth-order valence-electron chi connectivity index (χ4n) is 0.791. The van der Waals surface area contributed by atoms with Crippen LogP contribution in [0.15, 0.2) is 12.5 Å². The van der Waals surface area contributed by atoms with Gasteiger partial charge in [0.25, 0.3) is 0 Å². The Hall–Kier alpha value is -1.45. The van der Waals surface area contributed by atoms with Crippen molar-refractivity contribution < 1.29 is 4.79 Å². The molecule has 0 saturated heterocycles. The first-order valence-corrected chi connectivity index (χ1v) is 3.18. The largest absolute Gasteiger partial charge is 0.362 e. The predicted molar refractivity (Wildman–Crippen MR) is 41.7 cm³/mol.